The van der Waals surface area contributed by atoms with Crippen LogP contribution < -0.4 is 5.32 Å². The zero-order valence-corrected chi connectivity index (χ0v) is 12.9. The van der Waals surface area contributed by atoms with E-state index in [4.69, 9.17) is 0 Å². The molecule has 1 unspecified atom stereocenters. The van der Waals surface area contributed by atoms with Crippen LogP contribution in [0.15, 0.2) is 18.2 Å². The number of rotatable bonds is 9. The molecule has 1 atom stereocenters. The lowest BCUT2D eigenvalue weighted by Gasteiger charge is -2.19. The fourth-order valence-electron chi connectivity index (χ4n) is 2.37. The van der Waals surface area contributed by atoms with Crippen LogP contribution in [0.5, 0.6) is 0 Å². The molecule has 0 bridgehead atoms. The molecule has 1 rings (SSSR count). The summed E-state index contributed by atoms with van der Waals surface area (Å²) in [5.74, 6) is -0.193. The van der Waals surface area contributed by atoms with Crippen molar-refractivity contribution >= 4 is 0 Å². The smallest absolute Gasteiger partial charge is 0.129 e. The minimum absolute atomic E-state index is 0.153. The Morgan fingerprint density at radius 1 is 1.10 bits per heavy atom. The Labute approximate surface area is 121 Å². The first kappa shape index (κ1) is 17.1. The lowest BCUT2D eigenvalue weighted by molar-refractivity contribution is 0.422. The van der Waals surface area contributed by atoms with Crippen molar-refractivity contribution in [3.8, 4) is 0 Å². The van der Waals surface area contributed by atoms with E-state index in [-0.39, 0.29) is 11.6 Å². The van der Waals surface area contributed by atoms with Gasteiger partial charge < -0.3 is 5.32 Å². The van der Waals surface area contributed by atoms with Crippen LogP contribution in [0.25, 0.3) is 0 Å². The Morgan fingerprint density at radius 3 is 2.30 bits per heavy atom. The fourth-order valence-corrected chi connectivity index (χ4v) is 2.37. The van der Waals surface area contributed by atoms with Gasteiger partial charge in [-0.2, -0.15) is 0 Å². The van der Waals surface area contributed by atoms with Gasteiger partial charge in [0.15, 0.2) is 0 Å². The molecule has 1 aromatic carbocycles. The highest BCUT2D eigenvalue weighted by Crippen LogP contribution is 2.17. The van der Waals surface area contributed by atoms with Crippen LogP contribution >= 0.6 is 0 Å². The first-order valence-electron chi connectivity index (χ1n) is 7.70. The Bertz CT molecular complexity index is 370. The van der Waals surface area contributed by atoms with Gasteiger partial charge in [0.1, 0.15) is 11.6 Å². The molecule has 0 aromatic heterocycles. The van der Waals surface area contributed by atoms with Gasteiger partial charge in [0.25, 0.3) is 0 Å². The van der Waals surface area contributed by atoms with Crippen molar-refractivity contribution in [2.45, 2.75) is 58.9 Å². The van der Waals surface area contributed by atoms with Crippen LogP contribution in [0.4, 0.5) is 8.78 Å². The number of benzene rings is 1. The Balaban J connectivity index is 2.63. The topological polar surface area (TPSA) is 12.0 Å². The lowest BCUT2D eigenvalue weighted by atomic mass is 9.97. The summed E-state index contributed by atoms with van der Waals surface area (Å²) in [7, 11) is 0. The molecular formula is C17H27F2N. The van der Waals surface area contributed by atoms with E-state index < -0.39 is 11.6 Å². The molecule has 0 aliphatic rings. The molecule has 0 aliphatic carbocycles. The molecule has 114 valence electrons. The summed E-state index contributed by atoms with van der Waals surface area (Å²) in [5, 5.41) is 3.41. The minimum Gasteiger partial charge on any atom is -0.314 e. The van der Waals surface area contributed by atoms with Gasteiger partial charge in [-0.05, 0) is 43.9 Å². The fraction of sp³-hybridized carbons (Fsp3) is 0.647. The molecule has 0 spiro atoms. The van der Waals surface area contributed by atoms with E-state index in [0.717, 1.165) is 32.2 Å². The van der Waals surface area contributed by atoms with Crippen molar-refractivity contribution in [3.63, 3.8) is 0 Å². The summed E-state index contributed by atoms with van der Waals surface area (Å²) in [6.07, 6.45) is 4.67. The quantitative estimate of drug-likeness (QED) is 0.692. The van der Waals surface area contributed by atoms with Crippen LogP contribution in [0.1, 0.15) is 52.0 Å². The third-order valence-electron chi connectivity index (χ3n) is 3.53. The van der Waals surface area contributed by atoms with Gasteiger partial charge in [0.05, 0.1) is 0 Å². The summed E-state index contributed by atoms with van der Waals surface area (Å²) in [4.78, 5) is 0. The first-order valence-corrected chi connectivity index (χ1v) is 7.70. The average Bonchev–Trinajstić information content (AvgIpc) is 2.39. The predicted molar refractivity (Wildman–Crippen MR) is 80.8 cm³/mol. The van der Waals surface area contributed by atoms with Crippen LogP contribution in [0.3, 0.4) is 0 Å². The van der Waals surface area contributed by atoms with Gasteiger partial charge in [0, 0.05) is 11.6 Å². The molecular weight excluding hydrogens is 256 g/mol. The summed E-state index contributed by atoms with van der Waals surface area (Å²) < 4.78 is 27.4. The monoisotopic (exact) mass is 283 g/mol. The second-order valence-electron chi connectivity index (χ2n) is 5.88. The molecule has 1 nitrogen and oxygen atoms in total. The van der Waals surface area contributed by atoms with Gasteiger partial charge in [0.2, 0.25) is 0 Å². The van der Waals surface area contributed by atoms with Gasteiger partial charge in [-0.15, -0.1) is 0 Å². The summed E-state index contributed by atoms with van der Waals surface area (Å²) in [5.41, 5.74) is 0.214. The van der Waals surface area contributed by atoms with E-state index in [2.05, 4.69) is 26.1 Å². The Morgan fingerprint density at radius 2 is 1.75 bits per heavy atom. The number of halogens is 2. The zero-order valence-electron chi connectivity index (χ0n) is 12.9. The molecule has 20 heavy (non-hydrogen) atoms. The minimum atomic E-state index is -0.433. The van der Waals surface area contributed by atoms with E-state index in [1.165, 1.54) is 18.2 Å². The summed E-state index contributed by atoms with van der Waals surface area (Å²) in [6, 6.07) is 4.24. The highest BCUT2D eigenvalue weighted by Gasteiger charge is 2.15. The number of nitrogens with one attached hydrogen (secondary N) is 1. The molecule has 0 saturated carbocycles. The third kappa shape index (κ3) is 6.00. The van der Waals surface area contributed by atoms with Gasteiger partial charge in [-0.1, -0.05) is 39.7 Å². The maximum atomic E-state index is 13.7. The highest BCUT2D eigenvalue weighted by molar-refractivity contribution is 5.20. The van der Waals surface area contributed by atoms with E-state index in [0.29, 0.717) is 12.3 Å². The molecule has 1 aromatic rings. The maximum Gasteiger partial charge on any atom is 0.129 e. The van der Waals surface area contributed by atoms with E-state index in [1.54, 1.807) is 0 Å². The first-order chi connectivity index (χ1) is 9.54. The van der Waals surface area contributed by atoms with Crippen molar-refractivity contribution in [1.29, 1.82) is 0 Å². The maximum absolute atomic E-state index is 13.7. The average molecular weight is 283 g/mol. The number of hydrogen-bond donors (Lipinski definition) is 1. The second-order valence-corrected chi connectivity index (χ2v) is 5.88. The van der Waals surface area contributed by atoms with Crippen LogP contribution in [-0.2, 0) is 6.42 Å². The molecule has 0 radical (unpaired) electrons. The zero-order chi connectivity index (χ0) is 15.0. The van der Waals surface area contributed by atoms with Crippen molar-refractivity contribution in [2.75, 3.05) is 6.54 Å². The molecule has 0 saturated heterocycles. The van der Waals surface area contributed by atoms with Crippen LogP contribution in [-0.4, -0.2) is 12.6 Å². The van der Waals surface area contributed by atoms with Gasteiger partial charge in [-0.3, -0.25) is 0 Å². The molecule has 1 N–H and O–H groups in total. The molecule has 0 aliphatic heterocycles. The van der Waals surface area contributed by atoms with E-state index >= 15 is 0 Å². The largest absolute Gasteiger partial charge is 0.314 e. The standard InChI is InChI=1S/C17H27F2N/c1-4-11-20-14(8-5-7-13(2)3)12-15-16(18)9-6-10-17(15)19/h6,9-10,13-14,20H,4-5,7-8,11-12H2,1-3H3. The normalized spacial score (nSPS) is 12.9. The SMILES string of the molecule is CCCNC(CCCC(C)C)Cc1c(F)cccc1F. The van der Waals surface area contributed by atoms with Crippen molar-refractivity contribution in [2.24, 2.45) is 5.92 Å². The third-order valence-corrected chi connectivity index (χ3v) is 3.53. The van der Waals surface area contributed by atoms with Crippen molar-refractivity contribution < 1.29 is 8.78 Å². The number of hydrogen-bond acceptors (Lipinski definition) is 1. The Hall–Kier alpha value is -0.960. The highest BCUT2D eigenvalue weighted by atomic mass is 19.1. The summed E-state index contributed by atoms with van der Waals surface area (Å²) >= 11 is 0. The van der Waals surface area contributed by atoms with Crippen LogP contribution in [0, 0.1) is 17.6 Å². The van der Waals surface area contributed by atoms with E-state index in [1.807, 2.05) is 0 Å². The summed E-state index contributed by atoms with van der Waals surface area (Å²) in [6.45, 7) is 7.39. The molecule has 3 heteroatoms. The Kier molecular flexibility index (Phi) is 7.75. The van der Waals surface area contributed by atoms with Crippen LogP contribution in [0.2, 0.25) is 0 Å². The second kappa shape index (κ2) is 9.06. The predicted octanol–water partition coefficient (Wildman–Crippen LogP) is 4.70. The van der Waals surface area contributed by atoms with E-state index in [9.17, 15) is 8.78 Å². The van der Waals surface area contributed by atoms with Crippen molar-refractivity contribution in [1.82, 2.24) is 5.32 Å². The van der Waals surface area contributed by atoms with Crippen molar-refractivity contribution in [3.05, 3.63) is 35.4 Å². The molecule has 0 amide bonds. The van der Waals surface area contributed by atoms with Gasteiger partial charge in [-0.25, -0.2) is 8.78 Å². The molecule has 0 fully saturated rings. The molecule has 0 heterocycles. The van der Waals surface area contributed by atoms with Gasteiger partial charge >= 0.3 is 0 Å². The lowest BCUT2D eigenvalue weighted by Crippen LogP contribution is -2.32.